The van der Waals surface area contributed by atoms with Gasteiger partial charge in [0, 0.05) is 5.69 Å². The number of nitro groups is 1. The summed E-state index contributed by atoms with van der Waals surface area (Å²) in [6.07, 6.45) is 0. The fourth-order valence-corrected chi connectivity index (χ4v) is 3.07. The molecule has 4 N–H and O–H groups in total. The summed E-state index contributed by atoms with van der Waals surface area (Å²) in [7, 11) is 0. The third kappa shape index (κ3) is 3.83. The first-order chi connectivity index (χ1) is 12.5. The van der Waals surface area contributed by atoms with Crippen molar-refractivity contribution in [1.29, 1.82) is 0 Å². The van der Waals surface area contributed by atoms with Crippen LogP contribution in [0.1, 0.15) is 12.5 Å². The summed E-state index contributed by atoms with van der Waals surface area (Å²) in [5.74, 6) is 0.421. The lowest BCUT2D eigenvalue weighted by molar-refractivity contribution is -0.898. The minimum absolute atomic E-state index is 0.125. The van der Waals surface area contributed by atoms with E-state index in [9.17, 15) is 10.1 Å². The van der Waals surface area contributed by atoms with E-state index in [0.717, 1.165) is 30.9 Å². The van der Waals surface area contributed by atoms with Gasteiger partial charge in [-0.1, -0.05) is 17.7 Å². The molecular formula is C17H24N7O2+. The average Bonchev–Trinajstić information content (AvgIpc) is 2.63. The summed E-state index contributed by atoms with van der Waals surface area (Å²) in [6, 6.07) is 7.73. The molecule has 0 saturated carbocycles. The van der Waals surface area contributed by atoms with Crippen LogP contribution in [0, 0.1) is 17.0 Å². The molecule has 9 nitrogen and oxygen atoms in total. The largest absolute Gasteiger partial charge is 0.378 e. The second kappa shape index (κ2) is 7.52. The molecule has 1 aromatic carbocycles. The van der Waals surface area contributed by atoms with Gasteiger partial charge in [0.25, 0.3) is 0 Å². The van der Waals surface area contributed by atoms with Crippen molar-refractivity contribution in [3.05, 3.63) is 39.9 Å². The first-order valence-corrected chi connectivity index (χ1v) is 8.72. The van der Waals surface area contributed by atoms with Crippen molar-refractivity contribution >= 4 is 29.0 Å². The Morgan fingerprint density at radius 1 is 1.27 bits per heavy atom. The van der Waals surface area contributed by atoms with E-state index in [1.165, 1.54) is 4.90 Å². The number of hydrogen-bond donors (Lipinski definition) is 3. The Morgan fingerprint density at radius 3 is 2.50 bits per heavy atom. The summed E-state index contributed by atoms with van der Waals surface area (Å²) < 4.78 is 0. The molecule has 0 spiro atoms. The van der Waals surface area contributed by atoms with Gasteiger partial charge in [-0.25, -0.2) is 0 Å². The third-order valence-electron chi connectivity index (χ3n) is 4.65. The highest BCUT2D eigenvalue weighted by Crippen LogP contribution is 2.32. The normalized spacial score (nSPS) is 15.1. The van der Waals surface area contributed by atoms with Crippen molar-refractivity contribution < 1.29 is 9.82 Å². The third-order valence-corrected chi connectivity index (χ3v) is 4.65. The molecule has 1 saturated heterocycles. The van der Waals surface area contributed by atoms with E-state index in [1.54, 1.807) is 0 Å². The lowest BCUT2D eigenvalue weighted by Gasteiger charge is -2.32. The fraction of sp³-hybridized carbons (Fsp3) is 0.412. The summed E-state index contributed by atoms with van der Waals surface area (Å²) >= 11 is 0. The zero-order valence-corrected chi connectivity index (χ0v) is 15.0. The molecule has 0 atom stereocenters. The van der Waals surface area contributed by atoms with Gasteiger partial charge in [-0.3, -0.25) is 10.1 Å². The molecule has 138 valence electrons. The summed E-state index contributed by atoms with van der Waals surface area (Å²) in [5.41, 5.74) is 7.61. The van der Waals surface area contributed by atoms with Crippen molar-refractivity contribution in [3.63, 3.8) is 0 Å². The number of piperazine rings is 1. The van der Waals surface area contributed by atoms with Gasteiger partial charge in [0.1, 0.15) is 0 Å². The van der Waals surface area contributed by atoms with Crippen molar-refractivity contribution in [2.45, 2.75) is 13.8 Å². The molecule has 3 rings (SSSR count). The minimum Gasteiger partial charge on any atom is -0.378 e. The predicted octanol–water partition coefficient (Wildman–Crippen LogP) is 0.744. The SMILES string of the molecule is CC[NH+]1CCN(c2nc(Nc3ccc(C)cc3)nc(N)c2[N+](=O)[O-])CC1. The Hall–Kier alpha value is -2.94. The van der Waals surface area contributed by atoms with Crippen LogP contribution in [0.15, 0.2) is 24.3 Å². The van der Waals surface area contributed by atoms with Crippen LogP contribution >= 0.6 is 0 Å². The number of quaternary nitrogens is 1. The average molecular weight is 358 g/mol. The van der Waals surface area contributed by atoms with Crippen LogP contribution in [-0.4, -0.2) is 47.6 Å². The van der Waals surface area contributed by atoms with Gasteiger partial charge < -0.3 is 20.9 Å². The molecule has 2 heterocycles. The Morgan fingerprint density at radius 2 is 1.92 bits per heavy atom. The molecule has 0 unspecified atom stereocenters. The number of nitrogens with zero attached hydrogens (tertiary/aromatic N) is 4. The lowest BCUT2D eigenvalue weighted by Crippen LogP contribution is -3.14. The van der Waals surface area contributed by atoms with E-state index in [1.807, 2.05) is 36.1 Å². The summed E-state index contributed by atoms with van der Waals surface area (Å²) in [4.78, 5) is 22.9. The number of aromatic nitrogens is 2. The summed E-state index contributed by atoms with van der Waals surface area (Å²) in [5, 5.41) is 14.6. The van der Waals surface area contributed by atoms with Gasteiger partial charge in [-0.2, -0.15) is 9.97 Å². The minimum atomic E-state index is -0.501. The van der Waals surface area contributed by atoms with E-state index in [0.29, 0.717) is 13.1 Å². The van der Waals surface area contributed by atoms with Gasteiger partial charge in [0.05, 0.1) is 37.6 Å². The highest BCUT2D eigenvalue weighted by molar-refractivity contribution is 5.72. The number of rotatable bonds is 5. The Balaban J connectivity index is 1.92. The molecule has 0 aliphatic carbocycles. The molecule has 1 aliphatic heterocycles. The molecular weight excluding hydrogens is 334 g/mol. The quantitative estimate of drug-likeness (QED) is 0.533. The Bertz CT molecular complexity index is 786. The zero-order valence-electron chi connectivity index (χ0n) is 15.0. The van der Waals surface area contributed by atoms with Crippen LogP contribution in [0.2, 0.25) is 0 Å². The number of nitrogen functional groups attached to an aromatic ring is 1. The van der Waals surface area contributed by atoms with Gasteiger partial charge in [0.15, 0.2) is 0 Å². The van der Waals surface area contributed by atoms with E-state index in [-0.39, 0.29) is 23.3 Å². The fourth-order valence-electron chi connectivity index (χ4n) is 3.07. The van der Waals surface area contributed by atoms with Gasteiger partial charge >= 0.3 is 5.69 Å². The van der Waals surface area contributed by atoms with Crippen LogP contribution < -0.4 is 20.9 Å². The van der Waals surface area contributed by atoms with Gasteiger partial charge in [-0.05, 0) is 26.0 Å². The van der Waals surface area contributed by atoms with Crippen LogP contribution in [0.3, 0.4) is 0 Å². The van der Waals surface area contributed by atoms with Crippen LogP contribution in [0.5, 0.6) is 0 Å². The number of anilines is 4. The Kier molecular flexibility index (Phi) is 5.17. The van der Waals surface area contributed by atoms with Crippen molar-refractivity contribution in [2.75, 3.05) is 48.7 Å². The van der Waals surface area contributed by atoms with Crippen LogP contribution in [0.25, 0.3) is 0 Å². The zero-order chi connectivity index (χ0) is 18.7. The lowest BCUT2D eigenvalue weighted by atomic mass is 10.2. The Labute approximate surface area is 152 Å². The smallest absolute Gasteiger partial charge is 0.353 e. The second-order valence-electron chi connectivity index (χ2n) is 6.44. The molecule has 2 aromatic rings. The summed E-state index contributed by atoms with van der Waals surface area (Å²) in [6.45, 7) is 8.41. The molecule has 1 aliphatic rings. The van der Waals surface area contributed by atoms with E-state index >= 15 is 0 Å². The maximum Gasteiger partial charge on any atom is 0.353 e. The van der Waals surface area contributed by atoms with Crippen molar-refractivity contribution in [3.8, 4) is 0 Å². The number of likely N-dealkylation sites (N-methyl/N-ethyl adjacent to an activating group) is 1. The molecule has 26 heavy (non-hydrogen) atoms. The van der Waals surface area contributed by atoms with E-state index < -0.39 is 4.92 Å². The first kappa shape index (κ1) is 17.9. The van der Waals surface area contributed by atoms with Crippen molar-refractivity contribution in [2.24, 2.45) is 0 Å². The maximum absolute atomic E-state index is 11.5. The molecule has 0 bridgehead atoms. The molecule has 1 aromatic heterocycles. The van der Waals surface area contributed by atoms with Gasteiger partial charge in [0.2, 0.25) is 17.6 Å². The number of hydrogen-bond acceptors (Lipinski definition) is 7. The standard InChI is InChI=1S/C17H23N7O2/c1-3-22-8-10-23(11-9-22)16-14(24(25)26)15(18)20-17(21-16)19-13-6-4-12(2)5-7-13/h4-7H,3,8-11H2,1-2H3,(H3,18,19,20,21)/p+1. The molecule has 9 heteroatoms. The maximum atomic E-state index is 11.5. The molecule has 1 fully saturated rings. The van der Waals surface area contributed by atoms with Gasteiger partial charge in [-0.15, -0.1) is 0 Å². The monoisotopic (exact) mass is 358 g/mol. The van der Waals surface area contributed by atoms with Crippen LogP contribution in [0.4, 0.5) is 29.0 Å². The first-order valence-electron chi connectivity index (χ1n) is 8.72. The molecule has 0 radical (unpaired) electrons. The van der Waals surface area contributed by atoms with Crippen LogP contribution in [-0.2, 0) is 0 Å². The topological polar surface area (TPSA) is 115 Å². The second-order valence-corrected chi connectivity index (χ2v) is 6.44. The number of nitrogens with two attached hydrogens (primary N) is 1. The number of benzene rings is 1. The van der Waals surface area contributed by atoms with E-state index in [2.05, 4.69) is 22.2 Å². The van der Waals surface area contributed by atoms with E-state index in [4.69, 9.17) is 5.73 Å². The van der Waals surface area contributed by atoms with Crippen molar-refractivity contribution in [1.82, 2.24) is 9.97 Å². The predicted molar refractivity (Wildman–Crippen MR) is 101 cm³/mol. The number of aryl methyl sites for hydroxylation is 1. The molecule has 0 amide bonds. The highest BCUT2D eigenvalue weighted by Gasteiger charge is 2.30. The highest BCUT2D eigenvalue weighted by atomic mass is 16.6. The number of nitrogens with one attached hydrogen (secondary N) is 2.